The van der Waals surface area contributed by atoms with E-state index >= 15 is 0 Å². The minimum atomic E-state index is -3.18. The van der Waals surface area contributed by atoms with E-state index in [1.54, 1.807) is 0 Å². The Labute approximate surface area is 91.4 Å². The lowest BCUT2D eigenvalue weighted by atomic mass is 10.3. The molecule has 0 aromatic heterocycles. The Morgan fingerprint density at radius 2 is 2.00 bits per heavy atom. The first-order valence-corrected chi connectivity index (χ1v) is 7.08. The van der Waals surface area contributed by atoms with Crippen LogP contribution in [0, 0.1) is 0 Å². The van der Waals surface area contributed by atoms with E-state index in [1.807, 2.05) is 0 Å². The zero-order valence-electron chi connectivity index (χ0n) is 8.94. The van der Waals surface area contributed by atoms with E-state index in [9.17, 15) is 8.42 Å². The second kappa shape index (κ2) is 6.42. The maximum absolute atomic E-state index is 11.2. The van der Waals surface area contributed by atoms with Crippen LogP contribution in [0.3, 0.4) is 0 Å². The number of nitrogens with two attached hydrogens (primary N) is 1. The third-order valence-corrected chi connectivity index (χ3v) is 3.88. The molecule has 1 aliphatic carbocycles. The van der Waals surface area contributed by atoms with Crippen molar-refractivity contribution in [3.63, 3.8) is 0 Å². The summed E-state index contributed by atoms with van der Waals surface area (Å²) in [5.41, 5.74) is 5.17. The number of hydrogen-bond donors (Lipinski definition) is 2. The molecule has 3 N–H and O–H groups in total. The normalized spacial score (nSPS) is 18.5. The number of nitrogens with one attached hydrogen (secondary N) is 1. The van der Waals surface area contributed by atoms with Crippen LogP contribution >= 0.6 is 0 Å². The summed E-state index contributed by atoms with van der Waals surface area (Å²) in [7, 11) is -3.18. The van der Waals surface area contributed by atoms with E-state index in [4.69, 9.17) is 10.5 Å². The highest BCUT2D eigenvalue weighted by molar-refractivity contribution is 7.89. The predicted octanol–water partition coefficient (Wildman–Crippen LogP) is -0.176. The zero-order chi connectivity index (χ0) is 11.1. The van der Waals surface area contributed by atoms with E-state index in [1.165, 1.54) is 12.8 Å². The molecule has 0 amide bonds. The van der Waals surface area contributed by atoms with Gasteiger partial charge in [0.25, 0.3) is 0 Å². The summed E-state index contributed by atoms with van der Waals surface area (Å²) in [6.45, 7) is 0.951. The van der Waals surface area contributed by atoms with Gasteiger partial charge in [-0.05, 0) is 12.8 Å². The van der Waals surface area contributed by atoms with Crippen molar-refractivity contribution in [2.75, 3.05) is 25.4 Å². The van der Waals surface area contributed by atoms with Crippen molar-refractivity contribution in [2.24, 2.45) is 5.73 Å². The van der Waals surface area contributed by atoms with E-state index < -0.39 is 10.0 Å². The molecule has 5 nitrogen and oxygen atoms in total. The molecule has 0 aromatic carbocycles. The fourth-order valence-corrected chi connectivity index (χ4v) is 2.55. The van der Waals surface area contributed by atoms with Gasteiger partial charge >= 0.3 is 0 Å². The van der Waals surface area contributed by atoms with Crippen LogP contribution in [0.5, 0.6) is 0 Å². The van der Waals surface area contributed by atoms with Crippen LogP contribution in [0.2, 0.25) is 0 Å². The maximum Gasteiger partial charge on any atom is 0.212 e. The SMILES string of the molecule is NCCS(=O)(=O)NCCOC1CCCC1. The smallest absolute Gasteiger partial charge is 0.212 e. The number of rotatable bonds is 7. The van der Waals surface area contributed by atoms with E-state index in [0.717, 1.165) is 12.8 Å². The van der Waals surface area contributed by atoms with Crippen LogP contribution in [0.15, 0.2) is 0 Å². The standard InChI is InChI=1S/C9H20N2O3S/c10-5-8-15(12,13)11-6-7-14-9-3-1-2-4-9/h9,11H,1-8,10H2. The third kappa shape index (κ3) is 5.46. The molecule has 0 bridgehead atoms. The minimum Gasteiger partial charge on any atom is -0.377 e. The fraction of sp³-hybridized carbons (Fsp3) is 1.00. The van der Waals surface area contributed by atoms with Crippen LogP contribution in [0.4, 0.5) is 0 Å². The van der Waals surface area contributed by atoms with Crippen molar-refractivity contribution in [1.29, 1.82) is 0 Å². The molecule has 0 atom stereocenters. The largest absolute Gasteiger partial charge is 0.377 e. The molecule has 0 unspecified atom stereocenters. The van der Waals surface area contributed by atoms with Crippen molar-refractivity contribution in [1.82, 2.24) is 4.72 Å². The summed E-state index contributed by atoms with van der Waals surface area (Å²) < 4.78 is 30.3. The Bertz CT molecular complexity index is 261. The Hall–Kier alpha value is -0.170. The van der Waals surface area contributed by atoms with Gasteiger partial charge < -0.3 is 10.5 Å². The first kappa shape index (κ1) is 12.9. The molecular formula is C9H20N2O3S. The summed E-state index contributed by atoms with van der Waals surface area (Å²) in [6, 6.07) is 0. The highest BCUT2D eigenvalue weighted by Crippen LogP contribution is 2.20. The van der Waals surface area contributed by atoms with Gasteiger partial charge in [0.1, 0.15) is 0 Å². The summed E-state index contributed by atoms with van der Waals surface area (Å²) in [4.78, 5) is 0. The monoisotopic (exact) mass is 236 g/mol. The molecule has 0 saturated heterocycles. The summed E-state index contributed by atoms with van der Waals surface area (Å²) >= 11 is 0. The number of hydrogen-bond acceptors (Lipinski definition) is 4. The second-order valence-corrected chi connectivity index (χ2v) is 5.71. The molecular weight excluding hydrogens is 216 g/mol. The second-order valence-electron chi connectivity index (χ2n) is 3.78. The topological polar surface area (TPSA) is 81.4 Å². The summed E-state index contributed by atoms with van der Waals surface area (Å²) in [5, 5.41) is 0. The molecule has 1 saturated carbocycles. The average molecular weight is 236 g/mol. The highest BCUT2D eigenvalue weighted by atomic mass is 32.2. The molecule has 15 heavy (non-hydrogen) atoms. The van der Waals surface area contributed by atoms with Crippen molar-refractivity contribution in [2.45, 2.75) is 31.8 Å². The Kier molecular flexibility index (Phi) is 5.52. The zero-order valence-corrected chi connectivity index (χ0v) is 9.76. The van der Waals surface area contributed by atoms with Gasteiger partial charge in [0.05, 0.1) is 18.5 Å². The van der Waals surface area contributed by atoms with Gasteiger partial charge in [0, 0.05) is 13.1 Å². The summed E-state index contributed by atoms with van der Waals surface area (Å²) in [6.07, 6.45) is 5.00. The number of ether oxygens (including phenoxy) is 1. The van der Waals surface area contributed by atoms with E-state index in [0.29, 0.717) is 19.3 Å². The van der Waals surface area contributed by atoms with Crippen molar-refractivity contribution < 1.29 is 13.2 Å². The third-order valence-electron chi connectivity index (χ3n) is 2.47. The molecule has 0 aromatic rings. The Morgan fingerprint density at radius 1 is 1.33 bits per heavy atom. The van der Waals surface area contributed by atoms with Crippen molar-refractivity contribution >= 4 is 10.0 Å². The lowest BCUT2D eigenvalue weighted by Crippen LogP contribution is -2.32. The first-order valence-electron chi connectivity index (χ1n) is 5.43. The van der Waals surface area contributed by atoms with Crippen LogP contribution in [-0.4, -0.2) is 40.0 Å². The van der Waals surface area contributed by atoms with Gasteiger partial charge in [-0.3, -0.25) is 0 Å². The molecule has 1 rings (SSSR count). The van der Waals surface area contributed by atoms with Crippen LogP contribution in [-0.2, 0) is 14.8 Å². The number of sulfonamides is 1. The van der Waals surface area contributed by atoms with Gasteiger partial charge in [-0.2, -0.15) is 0 Å². The van der Waals surface area contributed by atoms with Crippen LogP contribution in [0.25, 0.3) is 0 Å². The molecule has 90 valence electrons. The van der Waals surface area contributed by atoms with Gasteiger partial charge in [-0.1, -0.05) is 12.8 Å². The van der Waals surface area contributed by atoms with E-state index in [2.05, 4.69) is 4.72 Å². The maximum atomic E-state index is 11.2. The van der Waals surface area contributed by atoms with Gasteiger partial charge in [-0.15, -0.1) is 0 Å². The molecule has 0 radical (unpaired) electrons. The van der Waals surface area contributed by atoms with Gasteiger partial charge in [0.2, 0.25) is 10.0 Å². The first-order chi connectivity index (χ1) is 7.14. The molecule has 1 fully saturated rings. The Morgan fingerprint density at radius 3 is 2.60 bits per heavy atom. The highest BCUT2D eigenvalue weighted by Gasteiger charge is 2.15. The van der Waals surface area contributed by atoms with Crippen LogP contribution < -0.4 is 10.5 Å². The predicted molar refractivity (Wildman–Crippen MR) is 59.1 cm³/mol. The van der Waals surface area contributed by atoms with Gasteiger partial charge in [-0.25, -0.2) is 13.1 Å². The Balaban J connectivity index is 2.05. The minimum absolute atomic E-state index is 0.0174. The molecule has 0 aliphatic heterocycles. The quantitative estimate of drug-likeness (QED) is 0.601. The molecule has 1 aliphatic rings. The summed E-state index contributed by atoms with van der Waals surface area (Å²) in [5.74, 6) is -0.0174. The molecule has 0 heterocycles. The lowest BCUT2D eigenvalue weighted by Gasteiger charge is -2.11. The van der Waals surface area contributed by atoms with Crippen molar-refractivity contribution in [3.05, 3.63) is 0 Å². The fourth-order valence-electron chi connectivity index (χ4n) is 1.71. The molecule has 0 spiro atoms. The van der Waals surface area contributed by atoms with Crippen molar-refractivity contribution in [3.8, 4) is 0 Å². The van der Waals surface area contributed by atoms with Gasteiger partial charge in [0.15, 0.2) is 0 Å². The molecule has 6 heteroatoms. The lowest BCUT2D eigenvalue weighted by molar-refractivity contribution is 0.0626. The van der Waals surface area contributed by atoms with E-state index in [-0.39, 0.29) is 12.3 Å². The average Bonchev–Trinajstić information content (AvgIpc) is 2.65. The van der Waals surface area contributed by atoms with Crippen LogP contribution in [0.1, 0.15) is 25.7 Å².